The molecule has 0 aliphatic heterocycles. The molecule has 0 bridgehead atoms. The van der Waals surface area contributed by atoms with Crippen molar-refractivity contribution in [2.75, 3.05) is 11.1 Å². The van der Waals surface area contributed by atoms with Crippen LogP contribution >= 0.6 is 0 Å². The Morgan fingerprint density at radius 1 is 1.00 bits per heavy atom. The lowest BCUT2D eigenvalue weighted by Crippen LogP contribution is -2.12. The van der Waals surface area contributed by atoms with Gasteiger partial charge in [-0.3, -0.25) is 9.89 Å². The van der Waals surface area contributed by atoms with Crippen LogP contribution in [0.25, 0.3) is 10.9 Å². The zero-order chi connectivity index (χ0) is 20.4. The van der Waals surface area contributed by atoms with Crippen LogP contribution in [0.1, 0.15) is 21.5 Å². The lowest BCUT2D eigenvalue weighted by Gasteiger charge is -2.06. The minimum Gasteiger partial charge on any atom is -0.382 e. The van der Waals surface area contributed by atoms with E-state index in [9.17, 15) is 13.6 Å². The number of hydrogen-bond acceptors (Lipinski definition) is 3. The molecule has 4 rings (SSSR count). The first-order chi connectivity index (χ1) is 14.0. The lowest BCUT2D eigenvalue weighted by atomic mass is 10.1. The highest BCUT2D eigenvalue weighted by atomic mass is 19.1. The summed E-state index contributed by atoms with van der Waals surface area (Å²) in [7, 11) is 0. The molecule has 7 heteroatoms. The second-order valence-electron chi connectivity index (χ2n) is 6.28. The van der Waals surface area contributed by atoms with Crippen LogP contribution in [-0.4, -0.2) is 16.1 Å². The Balaban J connectivity index is 1.59. The fourth-order valence-electron chi connectivity index (χ4n) is 2.90. The topological polar surface area (TPSA) is 83.8 Å². The SMILES string of the molecule is Nc1n[nH]c2cccc(C#Cc3cccc(NC(=O)c4cc(F)cc(F)c4)c3)c12. The molecule has 5 nitrogen and oxygen atoms in total. The number of H-pyrrole nitrogens is 1. The molecule has 4 N–H and O–H groups in total. The number of halogens is 2. The van der Waals surface area contributed by atoms with Gasteiger partial charge >= 0.3 is 0 Å². The van der Waals surface area contributed by atoms with Crippen molar-refractivity contribution in [1.82, 2.24) is 10.2 Å². The Morgan fingerprint density at radius 3 is 2.55 bits per heavy atom. The number of aromatic nitrogens is 2. The fraction of sp³-hybridized carbons (Fsp3) is 0. The predicted molar refractivity (Wildman–Crippen MR) is 107 cm³/mol. The van der Waals surface area contributed by atoms with Gasteiger partial charge in [-0.15, -0.1) is 0 Å². The first-order valence-corrected chi connectivity index (χ1v) is 8.62. The van der Waals surface area contributed by atoms with Gasteiger partial charge < -0.3 is 11.1 Å². The third kappa shape index (κ3) is 3.92. The number of benzene rings is 3. The van der Waals surface area contributed by atoms with E-state index in [1.807, 2.05) is 18.2 Å². The molecule has 0 fully saturated rings. The number of hydrogen-bond donors (Lipinski definition) is 3. The van der Waals surface area contributed by atoms with Crippen molar-refractivity contribution in [3.05, 3.63) is 89.0 Å². The molecular weight excluding hydrogens is 374 g/mol. The summed E-state index contributed by atoms with van der Waals surface area (Å²) in [5.41, 5.74) is 8.39. The molecule has 0 atom stereocenters. The van der Waals surface area contributed by atoms with Crippen LogP contribution in [0.4, 0.5) is 20.3 Å². The number of anilines is 2. The number of fused-ring (bicyclic) bond motifs is 1. The molecule has 0 saturated carbocycles. The van der Waals surface area contributed by atoms with Crippen molar-refractivity contribution in [3.63, 3.8) is 0 Å². The highest BCUT2D eigenvalue weighted by Crippen LogP contribution is 2.21. The minimum atomic E-state index is -0.817. The van der Waals surface area contributed by atoms with E-state index in [4.69, 9.17) is 5.73 Å². The highest BCUT2D eigenvalue weighted by Gasteiger charge is 2.10. The molecule has 0 aliphatic rings. The van der Waals surface area contributed by atoms with Crippen molar-refractivity contribution in [3.8, 4) is 11.8 Å². The maximum Gasteiger partial charge on any atom is 0.255 e. The van der Waals surface area contributed by atoms with E-state index in [-0.39, 0.29) is 5.56 Å². The predicted octanol–water partition coefficient (Wildman–Crippen LogP) is 4.08. The maximum atomic E-state index is 13.3. The fourth-order valence-corrected chi connectivity index (χ4v) is 2.90. The van der Waals surface area contributed by atoms with Gasteiger partial charge in [0.25, 0.3) is 5.91 Å². The molecule has 3 aromatic carbocycles. The Labute approximate surface area is 164 Å². The van der Waals surface area contributed by atoms with E-state index in [1.165, 1.54) is 0 Å². The zero-order valence-electron chi connectivity index (χ0n) is 15.0. The number of amides is 1. The number of nitrogens with zero attached hydrogens (tertiary/aromatic N) is 1. The summed E-state index contributed by atoms with van der Waals surface area (Å²) < 4.78 is 26.6. The molecule has 4 aromatic rings. The smallest absolute Gasteiger partial charge is 0.255 e. The van der Waals surface area contributed by atoms with Gasteiger partial charge in [0.1, 0.15) is 11.6 Å². The van der Waals surface area contributed by atoms with Gasteiger partial charge in [-0.2, -0.15) is 5.10 Å². The summed E-state index contributed by atoms with van der Waals surface area (Å²) in [6.07, 6.45) is 0. The molecule has 0 spiro atoms. The average molecular weight is 388 g/mol. The largest absolute Gasteiger partial charge is 0.382 e. The second kappa shape index (κ2) is 7.44. The summed E-state index contributed by atoms with van der Waals surface area (Å²) in [6.45, 7) is 0. The van der Waals surface area contributed by atoms with Crippen LogP contribution in [0.15, 0.2) is 60.7 Å². The van der Waals surface area contributed by atoms with E-state index in [1.54, 1.807) is 24.3 Å². The van der Waals surface area contributed by atoms with Gasteiger partial charge in [0.2, 0.25) is 0 Å². The van der Waals surface area contributed by atoms with Gasteiger partial charge in [-0.05, 0) is 42.5 Å². The van der Waals surface area contributed by atoms with Gasteiger partial charge in [0.15, 0.2) is 5.82 Å². The summed E-state index contributed by atoms with van der Waals surface area (Å²) in [6, 6.07) is 15.0. The Kier molecular flexibility index (Phi) is 4.67. The monoisotopic (exact) mass is 388 g/mol. The van der Waals surface area contributed by atoms with E-state index < -0.39 is 17.5 Å². The second-order valence-corrected chi connectivity index (χ2v) is 6.28. The quantitative estimate of drug-likeness (QED) is 0.453. The molecule has 1 amide bonds. The molecule has 1 aromatic heterocycles. The number of rotatable bonds is 2. The molecule has 0 radical (unpaired) electrons. The number of nitrogen functional groups attached to an aromatic ring is 1. The van der Waals surface area contributed by atoms with Crippen molar-refractivity contribution in [1.29, 1.82) is 0 Å². The van der Waals surface area contributed by atoms with Gasteiger partial charge in [0.05, 0.1) is 10.9 Å². The van der Waals surface area contributed by atoms with Crippen molar-refractivity contribution >= 4 is 28.3 Å². The number of aromatic amines is 1. The summed E-state index contributed by atoms with van der Waals surface area (Å²) in [4.78, 5) is 12.3. The summed E-state index contributed by atoms with van der Waals surface area (Å²) in [5, 5.41) is 10.2. The van der Waals surface area contributed by atoms with Crippen LogP contribution in [0.2, 0.25) is 0 Å². The molecule has 142 valence electrons. The third-order valence-corrected chi connectivity index (χ3v) is 4.20. The van der Waals surface area contributed by atoms with E-state index in [0.29, 0.717) is 23.1 Å². The number of carbonyl (C=O) groups is 1. The normalized spacial score (nSPS) is 10.4. The van der Waals surface area contributed by atoms with Gasteiger partial charge in [-0.25, -0.2) is 8.78 Å². The van der Waals surface area contributed by atoms with Crippen molar-refractivity contribution in [2.45, 2.75) is 0 Å². The van der Waals surface area contributed by atoms with Crippen molar-refractivity contribution in [2.24, 2.45) is 0 Å². The van der Waals surface area contributed by atoms with Crippen molar-refractivity contribution < 1.29 is 13.6 Å². The van der Waals surface area contributed by atoms with Crippen LogP contribution < -0.4 is 11.1 Å². The third-order valence-electron chi connectivity index (χ3n) is 4.20. The van der Waals surface area contributed by atoms with Crippen LogP contribution in [0, 0.1) is 23.5 Å². The lowest BCUT2D eigenvalue weighted by molar-refractivity contribution is 0.102. The standard InChI is InChI=1S/C22H14F2N4O/c23-16-10-15(11-17(24)12-16)22(29)26-18-5-1-3-13(9-18)7-8-14-4-2-6-19-20(14)21(25)28-27-19/h1-6,9-12H,(H,26,29)(H3,25,27,28). The Hall–Kier alpha value is -4.18. The van der Waals surface area contributed by atoms with Crippen LogP contribution in [-0.2, 0) is 0 Å². The van der Waals surface area contributed by atoms with Gasteiger partial charge in [-0.1, -0.05) is 24.0 Å². The first kappa shape index (κ1) is 18.2. The van der Waals surface area contributed by atoms with E-state index in [0.717, 1.165) is 28.6 Å². The first-order valence-electron chi connectivity index (χ1n) is 8.62. The van der Waals surface area contributed by atoms with Crippen LogP contribution in [0.3, 0.4) is 0 Å². The summed E-state index contributed by atoms with van der Waals surface area (Å²) in [5.74, 6) is 4.19. The summed E-state index contributed by atoms with van der Waals surface area (Å²) >= 11 is 0. The van der Waals surface area contributed by atoms with Gasteiger partial charge in [0, 0.05) is 28.4 Å². The minimum absolute atomic E-state index is 0.110. The highest BCUT2D eigenvalue weighted by molar-refractivity contribution is 6.04. The zero-order valence-corrected chi connectivity index (χ0v) is 15.0. The number of nitrogens with two attached hydrogens (primary N) is 1. The van der Waals surface area contributed by atoms with E-state index >= 15 is 0 Å². The Bertz CT molecular complexity index is 1280. The van der Waals surface area contributed by atoms with Crippen LogP contribution in [0.5, 0.6) is 0 Å². The average Bonchev–Trinajstić information content (AvgIpc) is 3.07. The molecule has 0 unspecified atom stereocenters. The maximum absolute atomic E-state index is 13.3. The molecule has 29 heavy (non-hydrogen) atoms. The molecular formula is C22H14F2N4O. The molecule has 0 saturated heterocycles. The molecule has 1 heterocycles. The number of carbonyl (C=O) groups excluding carboxylic acids is 1. The Morgan fingerprint density at radius 2 is 1.76 bits per heavy atom. The number of nitrogens with one attached hydrogen (secondary N) is 2. The molecule has 0 aliphatic carbocycles. The van der Waals surface area contributed by atoms with E-state index in [2.05, 4.69) is 27.4 Å².